The predicted octanol–water partition coefficient (Wildman–Crippen LogP) is 3.30. The van der Waals surface area contributed by atoms with Crippen LogP contribution in [0.2, 0.25) is 5.02 Å². The summed E-state index contributed by atoms with van der Waals surface area (Å²) in [5.41, 5.74) is -0.844. The second kappa shape index (κ2) is 9.36. The van der Waals surface area contributed by atoms with Crippen molar-refractivity contribution in [2.24, 2.45) is 5.92 Å². The normalized spacial score (nSPS) is 23.9. The second-order valence-electron chi connectivity index (χ2n) is 9.32. The average molecular weight is 542 g/mol. The number of ether oxygens (including phenoxy) is 4. The Balaban J connectivity index is 1.64. The highest BCUT2D eigenvalue weighted by Crippen LogP contribution is 2.55. The molecule has 2 heterocycles. The average Bonchev–Trinajstić information content (AvgIpc) is 3.21. The van der Waals surface area contributed by atoms with E-state index in [2.05, 4.69) is 5.32 Å². The number of methoxy groups -OCH3 is 2. The van der Waals surface area contributed by atoms with Crippen molar-refractivity contribution in [3.05, 3.63) is 57.8 Å². The number of nitrogens with one attached hydrogen (secondary N) is 1. The molecule has 0 aromatic heterocycles. The van der Waals surface area contributed by atoms with Gasteiger partial charge in [0.1, 0.15) is 27.8 Å². The topological polar surface area (TPSA) is 137 Å². The molecule has 198 valence electrons. The van der Waals surface area contributed by atoms with Gasteiger partial charge in [0.2, 0.25) is 23.1 Å². The Kier molecular flexibility index (Phi) is 6.30. The fraction of sp³-hybridized carbons (Fsp3) is 0.333. The SMILES string of the molecule is COc1cc(OC)c2c(c1Cl)O[C@@]1(C(=O)C3=C(C[C@H]1C)NC(=O)CC3c1ccccc1OCC(=O)O)C2=O. The van der Waals surface area contributed by atoms with Crippen LogP contribution in [-0.2, 0) is 14.4 Å². The largest absolute Gasteiger partial charge is 0.496 e. The van der Waals surface area contributed by atoms with Crippen LogP contribution in [-0.4, -0.2) is 55.0 Å². The molecule has 2 aliphatic heterocycles. The first-order valence-electron chi connectivity index (χ1n) is 11.8. The number of carboxylic acid groups (broad SMARTS) is 1. The van der Waals surface area contributed by atoms with Crippen LogP contribution in [0.3, 0.4) is 0 Å². The van der Waals surface area contributed by atoms with Gasteiger partial charge in [-0.1, -0.05) is 36.7 Å². The van der Waals surface area contributed by atoms with Gasteiger partial charge < -0.3 is 29.4 Å². The number of para-hydroxylation sites is 1. The van der Waals surface area contributed by atoms with E-state index in [9.17, 15) is 19.2 Å². The van der Waals surface area contributed by atoms with Crippen LogP contribution in [0, 0.1) is 5.92 Å². The van der Waals surface area contributed by atoms with E-state index in [1.54, 1.807) is 31.2 Å². The molecule has 0 saturated heterocycles. The summed E-state index contributed by atoms with van der Waals surface area (Å²) < 4.78 is 22.4. The Morgan fingerprint density at radius 3 is 2.50 bits per heavy atom. The summed E-state index contributed by atoms with van der Waals surface area (Å²) in [5.74, 6) is -3.56. The zero-order valence-corrected chi connectivity index (χ0v) is 21.5. The maximum atomic E-state index is 14.4. The molecule has 11 heteroatoms. The summed E-state index contributed by atoms with van der Waals surface area (Å²) in [6.07, 6.45) is 0.0553. The van der Waals surface area contributed by atoms with Gasteiger partial charge in [-0.2, -0.15) is 0 Å². The third-order valence-electron chi connectivity index (χ3n) is 7.20. The highest BCUT2D eigenvalue weighted by Gasteiger charge is 2.63. The fourth-order valence-corrected chi connectivity index (χ4v) is 5.76. The highest BCUT2D eigenvalue weighted by molar-refractivity contribution is 6.36. The second-order valence-corrected chi connectivity index (χ2v) is 9.70. The number of carboxylic acids is 1. The maximum Gasteiger partial charge on any atom is 0.341 e. The molecule has 2 aromatic carbocycles. The van der Waals surface area contributed by atoms with E-state index in [4.69, 9.17) is 35.7 Å². The van der Waals surface area contributed by atoms with E-state index in [1.165, 1.54) is 20.3 Å². The molecule has 10 nitrogen and oxygen atoms in total. The van der Waals surface area contributed by atoms with Crippen molar-refractivity contribution in [2.75, 3.05) is 20.8 Å². The minimum Gasteiger partial charge on any atom is -0.496 e. The van der Waals surface area contributed by atoms with E-state index in [0.717, 1.165) is 0 Å². The number of ketones is 2. The van der Waals surface area contributed by atoms with Crippen molar-refractivity contribution in [3.8, 4) is 23.0 Å². The Labute approximate surface area is 222 Å². The van der Waals surface area contributed by atoms with E-state index in [1.807, 2.05) is 0 Å². The molecule has 1 amide bonds. The maximum absolute atomic E-state index is 14.4. The lowest BCUT2D eigenvalue weighted by molar-refractivity contribution is -0.139. The number of fused-ring (bicyclic) bond motifs is 1. The molecule has 3 aliphatic rings. The number of rotatable bonds is 6. The monoisotopic (exact) mass is 541 g/mol. The molecule has 5 rings (SSSR count). The lowest BCUT2D eigenvalue weighted by Gasteiger charge is -2.41. The summed E-state index contributed by atoms with van der Waals surface area (Å²) in [7, 11) is 2.79. The standard InChI is InChI=1S/C27H24ClNO9/c1-12-8-15-21(14(9-19(30)29-15)13-6-4-5-7-16(13)37-11-20(31)32)25(33)27(12)26(34)22-17(35-2)10-18(36-3)23(28)24(22)38-27/h4-7,10,12,14H,8-9,11H2,1-3H3,(H,29,30)(H,31,32)/t12-,14?,27+/m1/s1. The summed E-state index contributed by atoms with van der Waals surface area (Å²) in [4.78, 5) is 52.3. The smallest absolute Gasteiger partial charge is 0.341 e. The first-order valence-corrected chi connectivity index (χ1v) is 12.2. The van der Waals surface area contributed by atoms with Gasteiger partial charge in [-0.25, -0.2) is 4.79 Å². The van der Waals surface area contributed by atoms with Gasteiger partial charge in [0, 0.05) is 41.2 Å². The molecule has 1 unspecified atom stereocenters. The zero-order chi connectivity index (χ0) is 27.4. The van der Waals surface area contributed by atoms with E-state index >= 15 is 0 Å². The van der Waals surface area contributed by atoms with Gasteiger partial charge >= 0.3 is 5.97 Å². The molecule has 0 radical (unpaired) electrons. The summed E-state index contributed by atoms with van der Waals surface area (Å²) in [5, 5.41) is 11.9. The quantitative estimate of drug-likeness (QED) is 0.527. The molecule has 2 N–H and O–H groups in total. The predicted molar refractivity (Wildman–Crippen MR) is 133 cm³/mol. The first kappa shape index (κ1) is 25.6. The number of carbonyl (C=O) groups is 4. The highest BCUT2D eigenvalue weighted by atomic mass is 35.5. The van der Waals surface area contributed by atoms with Crippen LogP contribution in [0.25, 0.3) is 0 Å². The number of allylic oxidation sites excluding steroid dienone is 1. The van der Waals surface area contributed by atoms with Crippen LogP contribution < -0.4 is 24.3 Å². The van der Waals surface area contributed by atoms with Gasteiger partial charge in [-0.15, -0.1) is 0 Å². The number of carbonyl (C=O) groups excluding carboxylic acids is 3. The summed E-state index contributed by atoms with van der Waals surface area (Å²) in [6.45, 7) is 1.09. The minimum atomic E-state index is -1.94. The third-order valence-corrected chi connectivity index (χ3v) is 7.56. The van der Waals surface area contributed by atoms with Gasteiger partial charge in [0.25, 0.3) is 0 Å². The van der Waals surface area contributed by atoms with E-state index < -0.39 is 41.6 Å². The third kappa shape index (κ3) is 3.70. The van der Waals surface area contributed by atoms with Crippen molar-refractivity contribution < 1.29 is 43.2 Å². The number of hydrogen-bond donors (Lipinski definition) is 2. The lowest BCUT2D eigenvalue weighted by atomic mass is 9.66. The molecule has 1 aliphatic carbocycles. The molecule has 0 fully saturated rings. The van der Waals surface area contributed by atoms with E-state index in [0.29, 0.717) is 11.3 Å². The Morgan fingerprint density at radius 1 is 1.11 bits per heavy atom. The number of benzene rings is 2. The molecule has 0 bridgehead atoms. The molecular formula is C27H24ClNO9. The molecule has 3 atom stereocenters. The summed E-state index contributed by atoms with van der Waals surface area (Å²) in [6, 6.07) is 8.06. The fourth-order valence-electron chi connectivity index (χ4n) is 5.49. The van der Waals surface area contributed by atoms with Gasteiger partial charge in [0.05, 0.1) is 14.2 Å². The summed E-state index contributed by atoms with van der Waals surface area (Å²) >= 11 is 6.51. The van der Waals surface area contributed by atoms with Gasteiger partial charge in [-0.05, 0) is 12.5 Å². The number of halogens is 1. The van der Waals surface area contributed by atoms with Crippen molar-refractivity contribution in [2.45, 2.75) is 31.3 Å². The van der Waals surface area contributed by atoms with Crippen LogP contribution in [0.15, 0.2) is 41.6 Å². The Bertz CT molecular complexity index is 1430. The Morgan fingerprint density at radius 2 is 1.82 bits per heavy atom. The molecule has 38 heavy (non-hydrogen) atoms. The minimum absolute atomic E-state index is 0.00120. The number of aliphatic carboxylic acids is 1. The number of amides is 1. The first-order chi connectivity index (χ1) is 18.1. The van der Waals surface area contributed by atoms with Crippen LogP contribution in [0.5, 0.6) is 23.0 Å². The van der Waals surface area contributed by atoms with Gasteiger partial charge in [0.15, 0.2) is 12.4 Å². The molecular weight excluding hydrogens is 518 g/mol. The number of hydrogen-bond acceptors (Lipinski definition) is 8. The van der Waals surface area contributed by atoms with Crippen LogP contribution in [0.1, 0.15) is 41.6 Å². The van der Waals surface area contributed by atoms with Crippen LogP contribution >= 0.6 is 11.6 Å². The van der Waals surface area contributed by atoms with Crippen molar-refractivity contribution in [1.82, 2.24) is 5.32 Å². The Hall–Kier alpha value is -4.05. The molecule has 2 aromatic rings. The van der Waals surface area contributed by atoms with Crippen molar-refractivity contribution >= 4 is 35.0 Å². The van der Waals surface area contributed by atoms with Crippen molar-refractivity contribution in [3.63, 3.8) is 0 Å². The van der Waals surface area contributed by atoms with Crippen molar-refractivity contribution in [1.29, 1.82) is 0 Å². The van der Waals surface area contributed by atoms with E-state index in [-0.39, 0.29) is 57.9 Å². The van der Waals surface area contributed by atoms with Gasteiger partial charge in [-0.3, -0.25) is 14.4 Å². The molecule has 1 spiro atoms. The lowest BCUT2D eigenvalue weighted by Crippen LogP contribution is -2.59. The van der Waals surface area contributed by atoms with Crippen LogP contribution in [0.4, 0.5) is 0 Å². The molecule has 0 saturated carbocycles. The number of Topliss-reactive ketones (excluding diaryl/α,β-unsaturated/α-hetero) is 2. The zero-order valence-electron chi connectivity index (χ0n) is 20.8.